The summed E-state index contributed by atoms with van der Waals surface area (Å²) >= 11 is 0. The summed E-state index contributed by atoms with van der Waals surface area (Å²) < 4.78 is 17.4. The van der Waals surface area contributed by atoms with Gasteiger partial charge in [-0.3, -0.25) is 4.79 Å². The van der Waals surface area contributed by atoms with E-state index in [0.29, 0.717) is 31.7 Å². The van der Waals surface area contributed by atoms with Gasteiger partial charge in [-0.25, -0.2) is 0 Å². The first-order chi connectivity index (χ1) is 12.0. The summed E-state index contributed by atoms with van der Waals surface area (Å²) in [6.45, 7) is 9.77. The molecule has 1 aromatic carbocycles. The van der Waals surface area contributed by atoms with E-state index in [1.807, 2.05) is 32.0 Å². The van der Waals surface area contributed by atoms with Crippen molar-refractivity contribution in [3.05, 3.63) is 35.9 Å². The second-order valence-corrected chi connectivity index (χ2v) is 7.21. The van der Waals surface area contributed by atoms with E-state index in [1.165, 1.54) is 5.56 Å². The lowest BCUT2D eigenvalue weighted by Crippen LogP contribution is -2.44. The SMILES string of the molecule is CCOC(=O)[C@H](C)[C@@H]1O[C@H]([C@H](C)COCc2ccccc2)CC[C@H]1C. The molecule has 0 radical (unpaired) electrons. The van der Waals surface area contributed by atoms with Crippen LogP contribution in [0.5, 0.6) is 0 Å². The molecule has 1 aliphatic rings. The Morgan fingerprint density at radius 1 is 1.24 bits per heavy atom. The third-order valence-electron chi connectivity index (χ3n) is 5.08. The number of carbonyl (C=O) groups excluding carboxylic acids is 1. The molecule has 4 nitrogen and oxygen atoms in total. The van der Waals surface area contributed by atoms with E-state index in [2.05, 4.69) is 26.0 Å². The van der Waals surface area contributed by atoms with Gasteiger partial charge in [-0.1, -0.05) is 44.2 Å². The molecule has 0 aromatic heterocycles. The normalized spacial score (nSPS) is 26.0. The molecule has 140 valence electrons. The van der Waals surface area contributed by atoms with Crippen molar-refractivity contribution in [2.45, 2.75) is 59.4 Å². The van der Waals surface area contributed by atoms with Crippen LogP contribution in [0, 0.1) is 17.8 Å². The van der Waals surface area contributed by atoms with Crippen LogP contribution in [0.15, 0.2) is 30.3 Å². The molecule has 2 rings (SSSR count). The van der Waals surface area contributed by atoms with Gasteiger partial charge in [0.05, 0.1) is 37.9 Å². The number of ether oxygens (including phenoxy) is 3. The van der Waals surface area contributed by atoms with Gasteiger partial charge in [-0.2, -0.15) is 0 Å². The molecule has 1 heterocycles. The largest absolute Gasteiger partial charge is 0.466 e. The van der Waals surface area contributed by atoms with Crippen LogP contribution in [-0.2, 0) is 25.6 Å². The predicted molar refractivity (Wildman–Crippen MR) is 98.1 cm³/mol. The molecule has 0 saturated carbocycles. The first kappa shape index (κ1) is 19.9. The summed E-state index contributed by atoms with van der Waals surface area (Å²) in [5.74, 6) is 0.282. The molecule has 1 fully saturated rings. The first-order valence-electron chi connectivity index (χ1n) is 9.46. The van der Waals surface area contributed by atoms with Crippen LogP contribution in [0.4, 0.5) is 0 Å². The summed E-state index contributed by atoms with van der Waals surface area (Å²) in [5, 5.41) is 0. The Bertz CT molecular complexity index is 516. The molecule has 0 bridgehead atoms. The maximum atomic E-state index is 12.1. The van der Waals surface area contributed by atoms with Crippen molar-refractivity contribution in [2.24, 2.45) is 17.8 Å². The van der Waals surface area contributed by atoms with E-state index in [-0.39, 0.29) is 24.1 Å². The Morgan fingerprint density at radius 3 is 2.64 bits per heavy atom. The van der Waals surface area contributed by atoms with Crippen molar-refractivity contribution in [3.8, 4) is 0 Å². The van der Waals surface area contributed by atoms with Crippen LogP contribution < -0.4 is 0 Å². The van der Waals surface area contributed by atoms with Gasteiger partial charge < -0.3 is 14.2 Å². The topological polar surface area (TPSA) is 44.8 Å². The summed E-state index contributed by atoms with van der Waals surface area (Å²) in [4.78, 5) is 12.1. The minimum Gasteiger partial charge on any atom is -0.466 e. The lowest BCUT2D eigenvalue weighted by Gasteiger charge is -2.39. The second-order valence-electron chi connectivity index (χ2n) is 7.21. The quantitative estimate of drug-likeness (QED) is 0.660. The average molecular weight is 348 g/mol. The molecule has 0 unspecified atom stereocenters. The van der Waals surface area contributed by atoms with Crippen LogP contribution >= 0.6 is 0 Å². The molecule has 5 atom stereocenters. The predicted octanol–water partition coefficient (Wildman–Crippen LogP) is 4.22. The van der Waals surface area contributed by atoms with E-state index >= 15 is 0 Å². The Kier molecular flexibility index (Phi) is 7.91. The number of esters is 1. The third-order valence-corrected chi connectivity index (χ3v) is 5.08. The average Bonchev–Trinajstić information content (AvgIpc) is 2.62. The zero-order valence-electron chi connectivity index (χ0n) is 15.9. The van der Waals surface area contributed by atoms with Crippen molar-refractivity contribution < 1.29 is 19.0 Å². The van der Waals surface area contributed by atoms with E-state index < -0.39 is 0 Å². The molecule has 1 aliphatic heterocycles. The Morgan fingerprint density at radius 2 is 1.96 bits per heavy atom. The highest BCUT2D eigenvalue weighted by Crippen LogP contribution is 2.33. The molecule has 0 N–H and O–H groups in total. The van der Waals surface area contributed by atoms with Crippen molar-refractivity contribution in [2.75, 3.05) is 13.2 Å². The lowest BCUT2D eigenvalue weighted by atomic mass is 9.84. The maximum absolute atomic E-state index is 12.1. The smallest absolute Gasteiger partial charge is 0.311 e. The molecule has 0 spiro atoms. The molecule has 0 aliphatic carbocycles. The minimum atomic E-state index is -0.227. The van der Waals surface area contributed by atoms with Gasteiger partial charge in [0.25, 0.3) is 0 Å². The van der Waals surface area contributed by atoms with Gasteiger partial charge in [-0.15, -0.1) is 0 Å². The van der Waals surface area contributed by atoms with Gasteiger partial charge in [0.1, 0.15) is 0 Å². The van der Waals surface area contributed by atoms with Crippen LogP contribution in [0.1, 0.15) is 46.1 Å². The monoisotopic (exact) mass is 348 g/mol. The van der Waals surface area contributed by atoms with Gasteiger partial charge in [0.2, 0.25) is 0 Å². The lowest BCUT2D eigenvalue weighted by molar-refractivity contribution is -0.167. The number of carbonyl (C=O) groups is 1. The Hall–Kier alpha value is -1.39. The zero-order valence-corrected chi connectivity index (χ0v) is 15.9. The fourth-order valence-corrected chi connectivity index (χ4v) is 3.48. The second kappa shape index (κ2) is 9.93. The third kappa shape index (κ3) is 5.82. The fraction of sp³-hybridized carbons (Fsp3) is 0.667. The first-order valence-corrected chi connectivity index (χ1v) is 9.46. The van der Waals surface area contributed by atoms with Crippen LogP contribution in [0.2, 0.25) is 0 Å². The molecular formula is C21H32O4. The van der Waals surface area contributed by atoms with Crippen molar-refractivity contribution >= 4 is 5.97 Å². The van der Waals surface area contributed by atoms with Crippen LogP contribution in [0.25, 0.3) is 0 Å². The van der Waals surface area contributed by atoms with Gasteiger partial charge in [0.15, 0.2) is 0 Å². The van der Waals surface area contributed by atoms with Gasteiger partial charge in [0, 0.05) is 5.92 Å². The molecule has 1 saturated heterocycles. The Labute approximate surface area is 151 Å². The van der Waals surface area contributed by atoms with Gasteiger partial charge in [-0.05, 0) is 38.2 Å². The molecular weight excluding hydrogens is 316 g/mol. The minimum absolute atomic E-state index is 0.0747. The number of hydrogen-bond donors (Lipinski definition) is 0. The molecule has 4 heteroatoms. The fourth-order valence-electron chi connectivity index (χ4n) is 3.48. The van der Waals surface area contributed by atoms with E-state index in [1.54, 1.807) is 0 Å². The molecule has 0 amide bonds. The van der Waals surface area contributed by atoms with E-state index in [4.69, 9.17) is 14.2 Å². The standard InChI is InChI=1S/C21H32O4/c1-5-24-21(22)17(4)20-15(2)11-12-19(25-20)16(3)13-23-14-18-9-7-6-8-10-18/h6-10,15-17,19-20H,5,11-14H2,1-4H3/t15-,16-,17-,19+,20-/m1/s1. The van der Waals surface area contributed by atoms with Crippen molar-refractivity contribution in [3.63, 3.8) is 0 Å². The highest BCUT2D eigenvalue weighted by atomic mass is 16.5. The van der Waals surface area contributed by atoms with Crippen molar-refractivity contribution in [1.29, 1.82) is 0 Å². The zero-order chi connectivity index (χ0) is 18.2. The molecule has 1 aromatic rings. The Balaban J connectivity index is 1.83. The summed E-state index contributed by atoms with van der Waals surface area (Å²) in [7, 11) is 0. The van der Waals surface area contributed by atoms with Gasteiger partial charge >= 0.3 is 5.97 Å². The van der Waals surface area contributed by atoms with Crippen LogP contribution in [-0.4, -0.2) is 31.4 Å². The summed E-state index contributed by atoms with van der Waals surface area (Å²) in [5.41, 5.74) is 1.18. The number of rotatable bonds is 8. The van der Waals surface area contributed by atoms with E-state index in [9.17, 15) is 4.79 Å². The van der Waals surface area contributed by atoms with Crippen molar-refractivity contribution in [1.82, 2.24) is 0 Å². The maximum Gasteiger partial charge on any atom is 0.311 e. The number of benzene rings is 1. The van der Waals surface area contributed by atoms with E-state index in [0.717, 1.165) is 12.8 Å². The highest BCUT2D eigenvalue weighted by Gasteiger charge is 2.37. The molecule has 25 heavy (non-hydrogen) atoms. The van der Waals surface area contributed by atoms with Crippen LogP contribution in [0.3, 0.4) is 0 Å². The summed E-state index contributed by atoms with van der Waals surface area (Å²) in [6.07, 6.45) is 2.15. The highest BCUT2D eigenvalue weighted by molar-refractivity contribution is 5.72. The number of hydrogen-bond acceptors (Lipinski definition) is 4. The summed E-state index contributed by atoms with van der Waals surface area (Å²) in [6, 6.07) is 10.2.